The number of fused-ring (bicyclic) bond motifs is 1. The Morgan fingerprint density at radius 1 is 1.15 bits per heavy atom. The standard InChI is InChI=1S/C29H24BrF3N4O4/c1-14(29(39)40-3)11-15-5-4-6-16(12-15)25(38)27-35-28(37(2)36-27)19-13-17(7-8-20(19)31)41-26-21(30)18-9-10-34-24(18)22(32)23(26)33/h4-10,12-14,25,34,38H,11H2,1-3H3/t14-,25?/m1/s1. The van der Waals surface area contributed by atoms with E-state index >= 15 is 0 Å². The molecule has 5 rings (SSSR count). The summed E-state index contributed by atoms with van der Waals surface area (Å²) >= 11 is 3.26. The number of ether oxygens (including phenoxy) is 2. The van der Waals surface area contributed by atoms with E-state index in [1.165, 1.54) is 37.2 Å². The largest absolute Gasteiger partial charge is 0.469 e. The van der Waals surface area contributed by atoms with Crippen LogP contribution in [0.25, 0.3) is 22.3 Å². The molecule has 1 unspecified atom stereocenters. The second-order valence-corrected chi connectivity index (χ2v) is 10.3. The molecule has 2 N–H and O–H groups in total. The van der Waals surface area contributed by atoms with Gasteiger partial charge in [-0.25, -0.2) is 18.4 Å². The minimum Gasteiger partial charge on any atom is -0.469 e. The number of aromatic nitrogens is 4. The Balaban J connectivity index is 1.44. The van der Waals surface area contributed by atoms with Crippen molar-refractivity contribution in [3.05, 3.63) is 93.6 Å². The zero-order chi connectivity index (χ0) is 29.4. The zero-order valence-electron chi connectivity index (χ0n) is 22.1. The SMILES string of the molecule is COC(=O)[C@H](C)Cc1cccc(C(O)c2nc(-c3cc(Oc4c(F)c(F)c5[nH]ccc5c4Br)ccc3F)n(C)n2)c1. The van der Waals surface area contributed by atoms with Gasteiger partial charge in [0.05, 0.1) is 28.6 Å². The lowest BCUT2D eigenvalue weighted by Crippen LogP contribution is -2.15. The Bertz CT molecular complexity index is 1770. The van der Waals surface area contributed by atoms with Crippen molar-refractivity contribution in [1.82, 2.24) is 19.7 Å². The Labute approximate surface area is 240 Å². The summed E-state index contributed by atoms with van der Waals surface area (Å²) < 4.78 is 56.3. The molecule has 0 radical (unpaired) electrons. The number of aliphatic hydroxyl groups is 1. The number of carbonyl (C=O) groups excluding carboxylic acids is 1. The van der Waals surface area contributed by atoms with E-state index in [4.69, 9.17) is 9.47 Å². The number of aliphatic hydroxyl groups excluding tert-OH is 1. The van der Waals surface area contributed by atoms with Crippen molar-refractivity contribution in [2.45, 2.75) is 19.4 Å². The molecule has 0 aliphatic carbocycles. The van der Waals surface area contributed by atoms with Crippen LogP contribution in [0.5, 0.6) is 11.5 Å². The van der Waals surface area contributed by atoms with Crippen LogP contribution in [0.1, 0.15) is 30.0 Å². The number of nitrogens with one attached hydrogen (secondary N) is 1. The third-order valence-corrected chi connectivity index (χ3v) is 7.42. The highest BCUT2D eigenvalue weighted by molar-refractivity contribution is 9.10. The number of aromatic amines is 1. The minimum absolute atomic E-state index is 0.0140. The Kier molecular flexibility index (Phi) is 7.87. The number of esters is 1. The maximum Gasteiger partial charge on any atom is 0.308 e. The number of rotatable bonds is 8. The third kappa shape index (κ3) is 5.44. The van der Waals surface area contributed by atoms with Gasteiger partial charge in [-0.05, 0) is 57.7 Å². The summed E-state index contributed by atoms with van der Waals surface area (Å²) in [5.41, 5.74) is 1.24. The fourth-order valence-electron chi connectivity index (χ4n) is 4.54. The normalized spacial score (nSPS) is 12.9. The molecule has 0 bridgehead atoms. The lowest BCUT2D eigenvalue weighted by Gasteiger charge is -2.12. The summed E-state index contributed by atoms with van der Waals surface area (Å²) in [5, 5.41) is 15.7. The minimum atomic E-state index is -1.24. The van der Waals surface area contributed by atoms with Crippen LogP contribution >= 0.6 is 15.9 Å². The van der Waals surface area contributed by atoms with Gasteiger partial charge in [-0.3, -0.25) is 4.79 Å². The molecular formula is C29H24BrF3N4O4. The lowest BCUT2D eigenvalue weighted by molar-refractivity contribution is -0.144. The molecule has 0 spiro atoms. The summed E-state index contributed by atoms with van der Waals surface area (Å²) in [6.45, 7) is 1.75. The predicted molar refractivity (Wildman–Crippen MR) is 148 cm³/mol. The van der Waals surface area contributed by atoms with E-state index in [9.17, 15) is 23.1 Å². The second-order valence-electron chi connectivity index (χ2n) is 9.47. The van der Waals surface area contributed by atoms with Crippen LogP contribution in [-0.2, 0) is 23.0 Å². The summed E-state index contributed by atoms with van der Waals surface area (Å²) in [4.78, 5) is 18.8. The maximum absolute atomic E-state index is 15.0. The monoisotopic (exact) mass is 628 g/mol. The second kappa shape index (κ2) is 11.4. The van der Waals surface area contributed by atoms with Crippen molar-refractivity contribution in [1.29, 1.82) is 0 Å². The van der Waals surface area contributed by atoms with E-state index in [1.54, 1.807) is 31.2 Å². The van der Waals surface area contributed by atoms with Crippen molar-refractivity contribution in [2.24, 2.45) is 13.0 Å². The van der Waals surface area contributed by atoms with E-state index in [0.717, 1.165) is 11.6 Å². The van der Waals surface area contributed by atoms with Crippen LogP contribution in [0.3, 0.4) is 0 Å². The molecule has 12 heteroatoms. The van der Waals surface area contributed by atoms with Crippen LogP contribution in [0, 0.1) is 23.4 Å². The molecule has 0 aliphatic heterocycles. The van der Waals surface area contributed by atoms with Gasteiger partial charge in [0.15, 0.2) is 23.2 Å². The summed E-state index contributed by atoms with van der Waals surface area (Å²) in [6.07, 6.45) is 0.632. The number of hydrogen-bond donors (Lipinski definition) is 2. The van der Waals surface area contributed by atoms with E-state index in [0.29, 0.717) is 17.4 Å². The fraction of sp³-hybridized carbons (Fsp3) is 0.207. The molecule has 5 aromatic rings. The molecule has 2 aromatic heterocycles. The van der Waals surface area contributed by atoms with Gasteiger partial charge < -0.3 is 19.6 Å². The number of nitrogens with zero attached hydrogens (tertiary/aromatic N) is 3. The highest BCUT2D eigenvalue weighted by Gasteiger charge is 2.24. The molecule has 41 heavy (non-hydrogen) atoms. The average molecular weight is 629 g/mol. The molecule has 0 fully saturated rings. The summed E-state index contributed by atoms with van der Waals surface area (Å²) in [6, 6.07) is 12.2. The Hall–Kier alpha value is -4.16. The number of H-pyrrole nitrogens is 1. The first-order valence-corrected chi connectivity index (χ1v) is 13.2. The van der Waals surface area contributed by atoms with Crippen LogP contribution in [0.4, 0.5) is 13.2 Å². The van der Waals surface area contributed by atoms with Gasteiger partial charge >= 0.3 is 5.97 Å². The van der Waals surface area contributed by atoms with E-state index in [-0.39, 0.29) is 44.8 Å². The van der Waals surface area contributed by atoms with Crippen molar-refractivity contribution in [2.75, 3.05) is 7.11 Å². The van der Waals surface area contributed by atoms with E-state index < -0.39 is 29.3 Å². The number of methoxy groups -OCH3 is 1. The van der Waals surface area contributed by atoms with E-state index in [1.807, 2.05) is 6.07 Å². The lowest BCUT2D eigenvalue weighted by atomic mass is 9.98. The molecule has 0 saturated carbocycles. The van der Waals surface area contributed by atoms with Gasteiger partial charge in [-0.2, -0.15) is 9.49 Å². The van der Waals surface area contributed by atoms with Gasteiger partial charge in [0, 0.05) is 18.6 Å². The van der Waals surface area contributed by atoms with Gasteiger partial charge in [-0.15, -0.1) is 0 Å². The number of aryl methyl sites for hydroxylation is 1. The highest BCUT2D eigenvalue weighted by atomic mass is 79.9. The Morgan fingerprint density at radius 3 is 2.68 bits per heavy atom. The van der Waals surface area contributed by atoms with Crippen molar-refractivity contribution in [3.8, 4) is 22.9 Å². The Morgan fingerprint density at radius 2 is 1.93 bits per heavy atom. The molecule has 8 nitrogen and oxygen atoms in total. The molecule has 2 heterocycles. The van der Waals surface area contributed by atoms with Crippen LogP contribution < -0.4 is 4.74 Å². The van der Waals surface area contributed by atoms with Crippen LogP contribution in [0.2, 0.25) is 0 Å². The predicted octanol–water partition coefficient (Wildman–Crippen LogP) is 6.37. The molecule has 0 aliphatic rings. The topological polar surface area (TPSA) is 102 Å². The van der Waals surface area contributed by atoms with Crippen LogP contribution in [0.15, 0.2) is 59.2 Å². The van der Waals surface area contributed by atoms with Crippen molar-refractivity contribution < 1.29 is 32.5 Å². The summed E-state index contributed by atoms with van der Waals surface area (Å²) in [7, 11) is 2.86. The number of carbonyl (C=O) groups is 1. The zero-order valence-corrected chi connectivity index (χ0v) is 23.7. The molecule has 3 aromatic carbocycles. The molecule has 0 amide bonds. The molecule has 212 valence electrons. The third-order valence-electron chi connectivity index (χ3n) is 6.63. The average Bonchev–Trinajstić information content (AvgIpc) is 3.61. The van der Waals surface area contributed by atoms with Gasteiger partial charge in [0.1, 0.15) is 17.7 Å². The molecular weight excluding hydrogens is 605 g/mol. The first kappa shape index (κ1) is 28.4. The first-order chi connectivity index (χ1) is 19.6. The van der Waals surface area contributed by atoms with Crippen molar-refractivity contribution >= 4 is 32.8 Å². The van der Waals surface area contributed by atoms with Gasteiger partial charge in [-0.1, -0.05) is 31.2 Å². The summed E-state index contributed by atoms with van der Waals surface area (Å²) in [5.74, 6) is -4.00. The van der Waals surface area contributed by atoms with Gasteiger partial charge in [0.25, 0.3) is 0 Å². The number of benzene rings is 3. The maximum atomic E-state index is 15.0. The smallest absolute Gasteiger partial charge is 0.308 e. The van der Waals surface area contributed by atoms with E-state index in [2.05, 4.69) is 31.0 Å². The molecule has 0 saturated heterocycles. The van der Waals surface area contributed by atoms with Gasteiger partial charge in [0.2, 0.25) is 5.82 Å². The number of hydrogen-bond acceptors (Lipinski definition) is 6. The molecule has 2 atom stereocenters. The first-order valence-electron chi connectivity index (χ1n) is 12.5. The fourth-order valence-corrected chi connectivity index (χ4v) is 5.13. The van der Waals surface area contributed by atoms with Crippen LogP contribution in [-0.4, -0.2) is 37.9 Å². The van der Waals surface area contributed by atoms with Crippen molar-refractivity contribution in [3.63, 3.8) is 0 Å². The quantitative estimate of drug-likeness (QED) is 0.153. The highest BCUT2D eigenvalue weighted by Crippen LogP contribution is 2.40. The number of halogens is 4.